The summed E-state index contributed by atoms with van der Waals surface area (Å²) in [4.78, 5) is 18.4. The normalized spacial score (nSPS) is 18.0. The van der Waals surface area contributed by atoms with Crippen molar-refractivity contribution < 1.29 is 22.2 Å². The number of anilines is 1. The maximum absolute atomic E-state index is 13.1. The van der Waals surface area contributed by atoms with Gasteiger partial charge in [-0.05, 0) is 41.8 Å². The second-order valence-corrected chi connectivity index (χ2v) is 7.44. The second kappa shape index (κ2) is 9.79. The molecule has 0 aliphatic carbocycles. The largest absolute Gasteiger partial charge is 0.748 e. The Morgan fingerprint density at radius 2 is 1.90 bits per heavy atom. The molecule has 2 aromatic rings. The maximum Gasteiger partial charge on any atom is 0.223 e. The van der Waals surface area contributed by atoms with Gasteiger partial charge in [0.25, 0.3) is 0 Å². The number of benzene rings is 2. The quantitative estimate of drug-likeness (QED) is 0.295. The van der Waals surface area contributed by atoms with Gasteiger partial charge in [0, 0.05) is 20.0 Å². The third-order valence-corrected chi connectivity index (χ3v) is 5.20. The van der Waals surface area contributed by atoms with Crippen molar-refractivity contribution in [2.24, 2.45) is 10.7 Å². The molecule has 0 bridgehead atoms. The Kier molecular flexibility index (Phi) is 7.14. The molecule has 2 atom stereocenters. The van der Waals surface area contributed by atoms with E-state index in [1.807, 2.05) is 0 Å². The molecule has 1 saturated heterocycles. The van der Waals surface area contributed by atoms with Crippen LogP contribution in [0.3, 0.4) is 0 Å². The Labute approximate surface area is 176 Å². The van der Waals surface area contributed by atoms with Crippen molar-refractivity contribution in [3.63, 3.8) is 0 Å². The van der Waals surface area contributed by atoms with Gasteiger partial charge in [-0.15, -0.1) is 0 Å². The van der Waals surface area contributed by atoms with Crippen LogP contribution in [0.2, 0.25) is 0 Å². The topological polar surface area (TPSA) is 111 Å². The van der Waals surface area contributed by atoms with Crippen molar-refractivity contribution in [3.8, 4) is 0 Å². The Morgan fingerprint density at radius 3 is 2.53 bits per heavy atom. The molecule has 10 heteroatoms. The van der Waals surface area contributed by atoms with E-state index in [1.165, 1.54) is 19.2 Å². The first-order valence-corrected chi connectivity index (χ1v) is 10.3. The Hall–Kier alpha value is -2.82. The highest BCUT2D eigenvalue weighted by Crippen LogP contribution is 2.22. The van der Waals surface area contributed by atoms with Crippen molar-refractivity contribution in [3.05, 3.63) is 65.5 Å². The Balaban J connectivity index is 1.64. The van der Waals surface area contributed by atoms with Gasteiger partial charge in [0.2, 0.25) is 5.91 Å². The third kappa shape index (κ3) is 5.62. The Bertz CT molecular complexity index is 937. The fraction of sp³-hybridized carbons (Fsp3) is 0.300. The van der Waals surface area contributed by atoms with Gasteiger partial charge in [-0.1, -0.05) is 24.3 Å². The average molecular weight is 433 g/mol. The smallest absolute Gasteiger partial charge is 0.223 e. The predicted molar refractivity (Wildman–Crippen MR) is 110 cm³/mol. The summed E-state index contributed by atoms with van der Waals surface area (Å²) in [5, 5.41) is 1.13. The number of amides is 1. The van der Waals surface area contributed by atoms with Crippen LogP contribution in [0.25, 0.3) is 0 Å². The average Bonchev–Trinajstić information content (AvgIpc) is 3.08. The fourth-order valence-corrected chi connectivity index (χ4v) is 3.53. The minimum Gasteiger partial charge on any atom is -0.748 e. The van der Waals surface area contributed by atoms with E-state index < -0.39 is 11.4 Å². The molecular weight excluding hydrogens is 411 g/mol. The van der Waals surface area contributed by atoms with Gasteiger partial charge in [-0.3, -0.25) is 9.79 Å². The van der Waals surface area contributed by atoms with Gasteiger partial charge < -0.3 is 15.2 Å². The number of hydroxylamine groups is 1. The van der Waals surface area contributed by atoms with Crippen LogP contribution in [-0.4, -0.2) is 38.5 Å². The van der Waals surface area contributed by atoms with Gasteiger partial charge in [0.15, 0.2) is 0 Å². The molecule has 2 aromatic carbocycles. The van der Waals surface area contributed by atoms with Crippen molar-refractivity contribution in [1.82, 2.24) is 4.90 Å². The van der Waals surface area contributed by atoms with E-state index in [0.717, 1.165) is 16.2 Å². The predicted octanol–water partition coefficient (Wildman–Crippen LogP) is 2.04. The van der Waals surface area contributed by atoms with Crippen LogP contribution in [0.15, 0.2) is 53.5 Å². The van der Waals surface area contributed by atoms with Gasteiger partial charge in [0.1, 0.15) is 23.0 Å². The van der Waals surface area contributed by atoms with Crippen molar-refractivity contribution in [1.29, 1.82) is 0 Å². The number of carbonyl (C=O) groups is 1. The number of hydrogen-bond donors (Lipinski definition) is 1. The first-order valence-electron chi connectivity index (χ1n) is 9.27. The molecule has 0 saturated carbocycles. The summed E-state index contributed by atoms with van der Waals surface area (Å²) in [5.74, 6) is 0.0362. The molecule has 3 rings (SSSR count). The molecule has 1 aliphatic heterocycles. The zero-order valence-corrected chi connectivity index (χ0v) is 17.2. The number of nitrogens with zero attached hydrogens (tertiary/aromatic N) is 3. The number of carbonyl (C=O) groups excluding carboxylic acids is 1. The summed E-state index contributed by atoms with van der Waals surface area (Å²) >= 11 is -2.65. The summed E-state index contributed by atoms with van der Waals surface area (Å²) in [6, 6.07) is 12.7. The second-order valence-electron chi connectivity index (χ2n) is 6.89. The number of rotatable bonds is 8. The number of amidine groups is 1. The first-order chi connectivity index (χ1) is 14.3. The lowest BCUT2D eigenvalue weighted by Gasteiger charge is -2.24. The van der Waals surface area contributed by atoms with Crippen LogP contribution in [0, 0.1) is 5.82 Å². The molecular formula is C20H22FN4O4S-. The van der Waals surface area contributed by atoms with E-state index >= 15 is 0 Å². The minimum absolute atomic E-state index is 0.00868. The minimum atomic E-state index is -2.65. The number of nitrogens with two attached hydrogens (primary N) is 1. The van der Waals surface area contributed by atoms with E-state index in [1.54, 1.807) is 41.3 Å². The van der Waals surface area contributed by atoms with Crippen LogP contribution in [-0.2, 0) is 33.5 Å². The number of aliphatic imine (C=N–C) groups is 1. The highest BCUT2D eigenvalue weighted by atomic mass is 32.2. The lowest BCUT2D eigenvalue weighted by Crippen LogP contribution is -2.42. The molecule has 1 aliphatic rings. The molecule has 1 unspecified atom stereocenters. The highest BCUT2D eigenvalue weighted by molar-refractivity contribution is 7.74. The fourth-order valence-electron chi connectivity index (χ4n) is 3.26. The Morgan fingerprint density at radius 1 is 1.27 bits per heavy atom. The zero-order valence-electron chi connectivity index (χ0n) is 16.4. The maximum atomic E-state index is 13.1. The number of hydrogen-bond acceptors (Lipinski definition) is 6. The van der Waals surface area contributed by atoms with Crippen molar-refractivity contribution in [2.75, 3.05) is 12.1 Å². The molecule has 0 aromatic heterocycles. The lowest BCUT2D eigenvalue weighted by atomic mass is 10.1. The van der Waals surface area contributed by atoms with Gasteiger partial charge in [-0.25, -0.2) is 13.7 Å². The van der Waals surface area contributed by atoms with Gasteiger partial charge in [0.05, 0.1) is 18.3 Å². The summed E-state index contributed by atoms with van der Waals surface area (Å²) < 4.78 is 38.9. The van der Waals surface area contributed by atoms with Crippen LogP contribution >= 0.6 is 0 Å². The van der Waals surface area contributed by atoms with Crippen LogP contribution < -0.4 is 10.8 Å². The molecule has 0 radical (unpaired) electrons. The van der Waals surface area contributed by atoms with E-state index in [9.17, 15) is 17.9 Å². The number of halogens is 1. The lowest BCUT2D eigenvalue weighted by molar-refractivity contribution is -0.128. The number of likely N-dealkylation sites (tertiary alicyclic amines) is 1. The molecule has 0 spiro atoms. The molecule has 1 heterocycles. The third-order valence-electron chi connectivity index (χ3n) is 4.85. The zero-order chi connectivity index (χ0) is 21.7. The van der Waals surface area contributed by atoms with Crippen LogP contribution in [0.4, 0.5) is 10.1 Å². The SMILES string of the molecule is CN(OS(=O)[O-])c1ccc(CN=C(N)[C@@H]2CCC(=O)N2Cc2ccc(F)cc2)cc1. The molecule has 1 fully saturated rings. The van der Waals surface area contributed by atoms with Crippen molar-refractivity contribution in [2.45, 2.75) is 32.0 Å². The molecule has 8 nitrogen and oxygen atoms in total. The summed E-state index contributed by atoms with van der Waals surface area (Å²) in [7, 11) is 1.48. The van der Waals surface area contributed by atoms with Crippen molar-refractivity contribution >= 4 is 28.8 Å². The monoisotopic (exact) mass is 433 g/mol. The molecule has 1 amide bonds. The van der Waals surface area contributed by atoms with Crippen LogP contribution in [0.1, 0.15) is 24.0 Å². The highest BCUT2D eigenvalue weighted by Gasteiger charge is 2.33. The van der Waals surface area contributed by atoms with Gasteiger partial charge in [-0.2, -0.15) is 4.28 Å². The van der Waals surface area contributed by atoms with Crippen LogP contribution in [0.5, 0.6) is 0 Å². The summed E-state index contributed by atoms with van der Waals surface area (Å²) in [6.45, 7) is 0.668. The molecule has 2 N–H and O–H groups in total. The van der Waals surface area contributed by atoms with E-state index in [4.69, 9.17) is 5.73 Å². The first kappa shape index (κ1) is 21.9. The summed E-state index contributed by atoms with van der Waals surface area (Å²) in [5.41, 5.74) is 8.44. The standard InChI is InChI=1S/C20H23FN4O4S/c1-24(29-30(27)28)17-8-4-14(5-9-17)12-23-20(22)18-10-11-19(26)25(18)13-15-2-6-16(21)7-3-15/h2-9,18H,10-13H2,1H3,(H2,22,23)(H,27,28)/p-1/t18-/m0/s1. The van der Waals surface area contributed by atoms with E-state index in [-0.39, 0.29) is 17.8 Å². The van der Waals surface area contributed by atoms with E-state index in [2.05, 4.69) is 9.28 Å². The molecule has 30 heavy (non-hydrogen) atoms. The molecule has 160 valence electrons. The van der Waals surface area contributed by atoms with Gasteiger partial charge >= 0.3 is 0 Å². The summed E-state index contributed by atoms with van der Waals surface area (Å²) in [6.07, 6.45) is 0.979. The van der Waals surface area contributed by atoms with E-state index in [0.29, 0.717) is 37.5 Å².